The fraction of sp³-hybridized carbons (Fsp3) is 0.200. The number of halogens is 1. The fourth-order valence-corrected chi connectivity index (χ4v) is 1.23. The van der Waals surface area contributed by atoms with Gasteiger partial charge in [0.25, 0.3) is 0 Å². The molecule has 0 unspecified atom stereocenters. The van der Waals surface area contributed by atoms with Crippen LogP contribution in [0.5, 0.6) is 5.75 Å². The Morgan fingerprint density at radius 2 is 2.24 bits per heavy atom. The second-order valence-corrected chi connectivity index (χ2v) is 3.41. The molecule has 0 fully saturated rings. The van der Waals surface area contributed by atoms with Crippen molar-refractivity contribution in [1.82, 2.24) is 10.1 Å². The van der Waals surface area contributed by atoms with E-state index in [1.807, 2.05) is 0 Å². The summed E-state index contributed by atoms with van der Waals surface area (Å²) in [6.45, 7) is -0.328. The minimum atomic E-state index is -0.777. The topological polar surface area (TPSA) is 105 Å². The summed E-state index contributed by atoms with van der Waals surface area (Å²) in [6.07, 6.45) is 0. The number of phenolic OH excluding ortho intramolecular Hbond substituents is 1. The van der Waals surface area contributed by atoms with Gasteiger partial charge in [-0.2, -0.15) is 4.98 Å². The third-order valence-electron chi connectivity index (χ3n) is 2.16. The van der Waals surface area contributed by atoms with E-state index in [4.69, 9.17) is 20.5 Å². The minimum absolute atomic E-state index is 0.0657. The number of benzene rings is 1. The monoisotopic (exact) mass is 239 g/mol. The maximum Gasteiger partial charge on any atom is 0.246 e. The van der Waals surface area contributed by atoms with Crippen LogP contribution in [0, 0.1) is 5.82 Å². The predicted octanol–water partition coefficient (Wildman–Crippen LogP) is 0.573. The predicted molar refractivity (Wildman–Crippen MR) is 55.4 cm³/mol. The molecule has 1 heterocycles. The molecule has 0 radical (unpaired) electrons. The van der Waals surface area contributed by atoms with E-state index in [9.17, 15) is 4.39 Å². The Balaban J connectivity index is 2.33. The van der Waals surface area contributed by atoms with Gasteiger partial charge in [-0.15, -0.1) is 0 Å². The van der Waals surface area contributed by atoms with E-state index in [1.54, 1.807) is 0 Å². The van der Waals surface area contributed by atoms with Crippen LogP contribution in [0.15, 0.2) is 22.7 Å². The lowest BCUT2D eigenvalue weighted by Gasteiger charge is -1.99. The van der Waals surface area contributed by atoms with Gasteiger partial charge in [0, 0.05) is 5.56 Å². The standard InChI is InChI=1S/C10H10FN3O3/c11-6-3-5(1-2-8(6)16)9-13-10(17-14-9)7(12)4-15/h1-3,7,15-16H,4,12H2/t7-/m0/s1. The quantitative estimate of drug-likeness (QED) is 0.723. The Morgan fingerprint density at radius 1 is 1.47 bits per heavy atom. The molecule has 4 N–H and O–H groups in total. The molecular weight excluding hydrogens is 229 g/mol. The van der Waals surface area contributed by atoms with Crippen molar-refractivity contribution < 1.29 is 19.1 Å². The molecule has 0 aliphatic rings. The van der Waals surface area contributed by atoms with E-state index in [2.05, 4.69) is 10.1 Å². The summed E-state index contributed by atoms with van der Waals surface area (Å²) in [5.74, 6) is -1.02. The number of phenols is 1. The van der Waals surface area contributed by atoms with E-state index < -0.39 is 17.6 Å². The first-order valence-corrected chi connectivity index (χ1v) is 4.80. The summed E-state index contributed by atoms with van der Waals surface area (Å²) >= 11 is 0. The Kier molecular flexibility index (Phi) is 3.03. The maximum absolute atomic E-state index is 13.1. The number of nitrogens with zero attached hydrogens (tertiary/aromatic N) is 2. The zero-order valence-corrected chi connectivity index (χ0v) is 8.67. The van der Waals surface area contributed by atoms with E-state index in [0.29, 0.717) is 5.56 Å². The molecule has 90 valence electrons. The van der Waals surface area contributed by atoms with Crippen molar-refractivity contribution >= 4 is 0 Å². The Morgan fingerprint density at radius 3 is 2.88 bits per heavy atom. The second-order valence-electron chi connectivity index (χ2n) is 3.41. The highest BCUT2D eigenvalue weighted by Gasteiger charge is 2.15. The molecule has 7 heteroatoms. The van der Waals surface area contributed by atoms with Crippen molar-refractivity contribution in [2.75, 3.05) is 6.61 Å². The van der Waals surface area contributed by atoms with E-state index in [1.165, 1.54) is 12.1 Å². The van der Waals surface area contributed by atoms with Crippen LogP contribution >= 0.6 is 0 Å². The lowest BCUT2D eigenvalue weighted by Crippen LogP contribution is -2.14. The number of aromatic hydroxyl groups is 1. The first-order chi connectivity index (χ1) is 8.11. The van der Waals surface area contributed by atoms with Crippen LogP contribution in [0.25, 0.3) is 11.4 Å². The summed E-state index contributed by atoms with van der Waals surface area (Å²) in [5.41, 5.74) is 5.83. The van der Waals surface area contributed by atoms with E-state index in [0.717, 1.165) is 6.07 Å². The van der Waals surface area contributed by atoms with Crippen molar-refractivity contribution in [2.45, 2.75) is 6.04 Å². The highest BCUT2D eigenvalue weighted by molar-refractivity contribution is 5.55. The van der Waals surface area contributed by atoms with E-state index in [-0.39, 0.29) is 18.3 Å². The van der Waals surface area contributed by atoms with Crippen LogP contribution < -0.4 is 5.73 Å². The second kappa shape index (κ2) is 4.48. The molecule has 0 aliphatic heterocycles. The lowest BCUT2D eigenvalue weighted by atomic mass is 10.2. The van der Waals surface area contributed by atoms with Crippen molar-refractivity contribution in [3.8, 4) is 17.1 Å². The average molecular weight is 239 g/mol. The van der Waals surface area contributed by atoms with Gasteiger partial charge in [0.2, 0.25) is 11.7 Å². The molecule has 0 spiro atoms. The lowest BCUT2D eigenvalue weighted by molar-refractivity contribution is 0.237. The third-order valence-corrected chi connectivity index (χ3v) is 2.16. The minimum Gasteiger partial charge on any atom is -0.505 e. The molecule has 1 aromatic carbocycles. The summed E-state index contributed by atoms with van der Waals surface area (Å²) in [6, 6.07) is 2.94. The molecule has 0 aliphatic carbocycles. The van der Waals surface area contributed by atoms with Gasteiger partial charge in [0.15, 0.2) is 11.6 Å². The first-order valence-electron chi connectivity index (χ1n) is 4.80. The van der Waals surface area contributed by atoms with Gasteiger partial charge >= 0.3 is 0 Å². The third kappa shape index (κ3) is 2.24. The van der Waals surface area contributed by atoms with Gasteiger partial charge in [-0.05, 0) is 18.2 Å². The van der Waals surface area contributed by atoms with Crippen molar-refractivity contribution in [3.63, 3.8) is 0 Å². The van der Waals surface area contributed by atoms with Gasteiger partial charge < -0.3 is 20.5 Å². The molecule has 2 rings (SSSR count). The van der Waals surface area contributed by atoms with Gasteiger partial charge in [-0.25, -0.2) is 4.39 Å². The SMILES string of the molecule is N[C@@H](CO)c1nc(-c2ccc(O)c(F)c2)no1. The largest absolute Gasteiger partial charge is 0.505 e. The number of hydrogen-bond acceptors (Lipinski definition) is 6. The number of aliphatic hydroxyl groups excluding tert-OH is 1. The average Bonchev–Trinajstić information content (AvgIpc) is 2.81. The van der Waals surface area contributed by atoms with Gasteiger partial charge in [0.1, 0.15) is 6.04 Å². The summed E-state index contributed by atoms with van der Waals surface area (Å²) in [7, 11) is 0. The van der Waals surface area contributed by atoms with Crippen LogP contribution in [0.1, 0.15) is 11.9 Å². The summed E-state index contributed by atoms with van der Waals surface area (Å²) < 4.78 is 17.9. The zero-order valence-electron chi connectivity index (χ0n) is 8.67. The molecule has 0 bridgehead atoms. The number of aliphatic hydroxyl groups is 1. The smallest absolute Gasteiger partial charge is 0.246 e. The molecule has 0 amide bonds. The first kappa shape index (κ1) is 11.5. The summed E-state index contributed by atoms with van der Waals surface area (Å²) in [5, 5.41) is 21.4. The Labute approximate surface area is 95.5 Å². The number of hydrogen-bond donors (Lipinski definition) is 3. The molecule has 0 saturated heterocycles. The number of nitrogens with two attached hydrogens (primary N) is 1. The van der Waals surface area contributed by atoms with Crippen molar-refractivity contribution in [2.24, 2.45) is 5.73 Å². The van der Waals surface area contributed by atoms with E-state index >= 15 is 0 Å². The van der Waals surface area contributed by atoms with Gasteiger partial charge in [-0.3, -0.25) is 0 Å². The van der Waals surface area contributed by atoms with Crippen LogP contribution in [0.2, 0.25) is 0 Å². The van der Waals surface area contributed by atoms with Gasteiger partial charge in [-0.1, -0.05) is 5.16 Å². The molecule has 0 saturated carbocycles. The van der Waals surface area contributed by atoms with Crippen molar-refractivity contribution in [1.29, 1.82) is 0 Å². The molecular formula is C10H10FN3O3. The molecule has 1 aromatic heterocycles. The van der Waals surface area contributed by atoms with Crippen LogP contribution in [0.4, 0.5) is 4.39 Å². The molecule has 1 atom stereocenters. The molecule has 2 aromatic rings. The van der Waals surface area contributed by atoms with Crippen LogP contribution in [-0.4, -0.2) is 27.0 Å². The van der Waals surface area contributed by atoms with Crippen molar-refractivity contribution in [3.05, 3.63) is 29.9 Å². The van der Waals surface area contributed by atoms with Gasteiger partial charge in [0.05, 0.1) is 6.61 Å². The highest BCUT2D eigenvalue weighted by Crippen LogP contribution is 2.23. The number of aromatic nitrogens is 2. The fourth-order valence-electron chi connectivity index (χ4n) is 1.23. The molecule has 17 heavy (non-hydrogen) atoms. The van der Waals surface area contributed by atoms with Crippen LogP contribution in [0.3, 0.4) is 0 Å². The summed E-state index contributed by atoms with van der Waals surface area (Å²) in [4.78, 5) is 3.91. The highest BCUT2D eigenvalue weighted by atomic mass is 19.1. The number of rotatable bonds is 3. The molecule has 6 nitrogen and oxygen atoms in total. The van der Waals surface area contributed by atoms with Crippen LogP contribution in [-0.2, 0) is 0 Å². The Hall–Kier alpha value is -1.99. The zero-order chi connectivity index (χ0) is 12.4. The maximum atomic E-state index is 13.1. The Bertz CT molecular complexity index is 529. The normalized spacial score (nSPS) is 12.6.